The van der Waals surface area contributed by atoms with E-state index in [4.69, 9.17) is 5.73 Å². The molecule has 1 aromatic rings. The van der Waals surface area contributed by atoms with Crippen LogP contribution < -0.4 is 10.6 Å². The van der Waals surface area contributed by atoms with Gasteiger partial charge in [-0.3, -0.25) is 0 Å². The lowest BCUT2D eigenvalue weighted by Crippen LogP contribution is -2.46. The lowest BCUT2D eigenvalue weighted by Gasteiger charge is -2.34. The smallest absolute Gasteiger partial charge is 0.191 e. The first kappa shape index (κ1) is 18.0. The third kappa shape index (κ3) is 4.84. The Morgan fingerprint density at radius 3 is 2.48 bits per heavy atom. The molecule has 0 saturated carbocycles. The van der Waals surface area contributed by atoms with Crippen molar-refractivity contribution in [2.45, 2.75) is 33.2 Å². The second kappa shape index (κ2) is 8.52. The number of piperazine rings is 1. The number of likely N-dealkylation sites (tertiary alicyclic amines) is 1. The highest BCUT2D eigenvalue weighted by Crippen LogP contribution is 2.16. The van der Waals surface area contributed by atoms with E-state index < -0.39 is 0 Å². The van der Waals surface area contributed by atoms with Crippen LogP contribution in [0.5, 0.6) is 0 Å². The van der Waals surface area contributed by atoms with Gasteiger partial charge in [0, 0.05) is 45.5 Å². The van der Waals surface area contributed by atoms with Crippen LogP contribution in [-0.2, 0) is 6.54 Å². The Balaban J connectivity index is 1.51. The predicted octanol–water partition coefficient (Wildman–Crippen LogP) is 1.77. The second-order valence-electron chi connectivity index (χ2n) is 7.29. The summed E-state index contributed by atoms with van der Waals surface area (Å²) in [4.78, 5) is 16.2. The second-order valence-corrected chi connectivity index (χ2v) is 7.29. The molecule has 25 heavy (non-hydrogen) atoms. The molecule has 2 aliphatic heterocycles. The number of piperidine rings is 1. The van der Waals surface area contributed by atoms with Crippen molar-refractivity contribution in [3.63, 3.8) is 0 Å². The zero-order chi connectivity index (χ0) is 17.6. The molecular formula is C19H32N6. The first-order valence-corrected chi connectivity index (χ1v) is 9.62. The number of rotatable bonds is 4. The SMILES string of the molecule is CCN1CCN(c2ccc(CN=C(N)N3CCC(C)CC3)cn2)CC1. The van der Waals surface area contributed by atoms with E-state index in [1.807, 2.05) is 6.20 Å². The van der Waals surface area contributed by atoms with Crippen molar-refractivity contribution in [2.75, 3.05) is 50.7 Å². The number of aliphatic imine (C=N–C) groups is 1. The molecule has 138 valence electrons. The molecule has 1 aromatic heterocycles. The van der Waals surface area contributed by atoms with Gasteiger partial charge in [0.05, 0.1) is 6.54 Å². The van der Waals surface area contributed by atoms with Gasteiger partial charge in [0.25, 0.3) is 0 Å². The van der Waals surface area contributed by atoms with E-state index in [-0.39, 0.29) is 0 Å². The van der Waals surface area contributed by atoms with Gasteiger partial charge >= 0.3 is 0 Å². The summed E-state index contributed by atoms with van der Waals surface area (Å²) >= 11 is 0. The molecule has 0 aromatic carbocycles. The molecule has 2 fully saturated rings. The highest BCUT2D eigenvalue weighted by molar-refractivity contribution is 5.78. The van der Waals surface area contributed by atoms with Crippen molar-refractivity contribution < 1.29 is 0 Å². The molecule has 3 heterocycles. The van der Waals surface area contributed by atoms with Crippen LogP contribution in [0.1, 0.15) is 32.3 Å². The number of pyridine rings is 1. The number of guanidine groups is 1. The molecule has 0 unspecified atom stereocenters. The summed E-state index contributed by atoms with van der Waals surface area (Å²) in [7, 11) is 0. The van der Waals surface area contributed by atoms with E-state index >= 15 is 0 Å². The zero-order valence-electron chi connectivity index (χ0n) is 15.7. The minimum atomic E-state index is 0.606. The van der Waals surface area contributed by atoms with Crippen molar-refractivity contribution in [3.8, 4) is 0 Å². The van der Waals surface area contributed by atoms with Crippen LogP contribution in [-0.4, -0.2) is 66.6 Å². The van der Waals surface area contributed by atoms with Crippen molar-refractivity contribution in [1.29, 1.82) is 0 Å². The van der Waals surface area contributed by atoms with E-state index in [2.05, 4.69) is 50.7 Å². The fourth-order valence-corrected chi connectivity index (χ4v) is 3.50. The van der Waals surface area contributed by atoms with Gasteiger partial charge in [-0.1, -0.05) is 19.9 Å². The number of nitrogens with zero attached hydrogens (tertiary/aromatic N) is 5. The maximum Gasteiger partial charge on any atom is 0.191 e. The molecule has 0 amide bonds. The van der Waals surface area contributed by atoms with Crippen molar-refractivity contribution >= 4 is 11.8 Å². The Morgan fingerprint density at radius 2 is 1.88 bits per heavy atom. The van der Waals surface area contributed by atoms with Crippen LogP contribution in [0.2, 0.25) is 0 Å². The highest BCUT2D eigenvalue weighted by Gasteiger charge is 2.18. The standard InChI is InChI=1S/C19H32N6/c1-3-23-10-12-24(13-11-23)18-5-4-17(14-21-18)15-22-19(20)25-8-6-16(2)7-9-25/h4-5,14,16H,3,6-13,15H2,1-2H3,(H2,20,22). The van der Waals surface area contributed by atoms with E-state index in [1.165, 1.54) is 12.8 Å². The van der Waals surface area contributed by atoms with E-state index in [9.17, 15) is 0 Å². The molecule has 2 aliphatic rings. The molecule has 3 rings (SSSR count). The van der Waals surface area contributed by atoms with Crippen LogP contribution in [0.3, 0.4) is 0 Å². The molecule has 0 radical (unpaired) electrons. The number of likely N-dealkylation sites (N-methyl/N-ethyl adjacent to an activating group) is 1. The first-order valence-electron chi connectivity index (χ1n) is 9.62. The summed E-state index contributed by atoms with van der Waals surface area (Å²) in [6.07, 6.45) is 4.35. The van der Waals surface area contributed by atoms with Gasteiger partial charge in [0.2, 0.25) is 0 Å². The lowest BCUT2D eigenvalue weighted by molar-refractivity contribution is 0.270. The quantitative estimate of drug-likeness (QED) is 0.666. The lowest BCUT2D eigenvalue weighted by atomic mass is 10.00. The third-order valence-corrected chi connectivity index (χ3v) is 5.48. The minimum Gasteiger partial charge on any atom is -0.370 e. The summed E-state index contributed by atoms with van der Waals surface area (Å²) in [6, 6.07) is 4.24. The molecule has 2 saturated heterocycles. The summed E-state index contributed by atoms with van der Waals surface area (Å²) in [5, 5.41) is 0. The normalized spacial score (nSPS) is 21.0. The minimum absolute atomic E-state index is 0.606. The molecule has 0 spiro atoms. The Labute approximate surface area is 151 Å². The van der Waals surface area contributed by atoms with Crippen LogP contribution >= 0.6 is 0 Å². The van der Waals surface area contributed by atoms with Crippen LogP contribution in [0, 0.1) is 5.92 Å². The Morgan fingerprint density at radius 1 is 1.16 bits per heavy atom. The Hall–Kier alpha value is -1.82. The molecular weight excluding hydrogens is 312 g/mol. The highest BCUT2D eigenvalue weighted by atomic mass is 15.3. The number of hydrogen-bond acceptors (Lipinski definition) is 4. The number of anilines is 1. The molecule has 0 aliphatic carbocycles. The average molecular weight is 345 g/mol. The van der Waals surface area contributed by atoms with Gasteiger partial charge in [0.15, 0.2) is 5.96 Å². The van der Waals surface area contributed by atoms with Crippen LogP contribution in [0.15, 0.2) is 23.3 Å². The molecule has 0 atom stereocenters. The number of hydrogen-bond donors (Lipinski definition) is 1. The van der Waals surface area contributed by atoms with Gasteiger partial charge in [0.1, 0.15) is 5.82 Å². The van der Waals surface area contributed by atoms with Crippen LogP contribution in [0.4, 0.5) is 5.82 Å². The number of nitrogens with two attached hydrogens (primary N) is 1. The van der Waals surface area contributed by atoms with Gasteiger partial charge in [-0.15, -0.1) is 0 Å². The van der Waals surface area contributed by atoms with Crippen LogP contribution in [0.25, 0.3) is 0 Å². The fourth-order valence-electron chi connectivity index (χ4n) is 3.50. The monoisotopic (exact) mass is 344 g/mol. The van der Waals surface area contributed by atoms with Gasteiger partial charge < -0.3 is 20.4 Å². The van der Waals surface area contributed by atoms with Gasteiger partial charge in [-0.25, -0.2) is 9.98 Å². The fraction of sp³-hybridized carbons (Fsp3) is 0.684. The zero-order valence-corrected chi connectivity index (χ0v) is 15.7. The first-order chi connectivity index (χ1) is 12.2. The summed E-state index contributed by atoms with van der Waals surface area (Å²) in [5.74, 6) is 2.55. The summed E-state index contributed by atoms with van der Waals surface area (Å²) in [6.45, 7) is 12.7. The van der Waals surface area contributed by atoms with Crippen molar-refractivity contribution in [2.24, 2.45) is 16.6 Å². The third-order valence-electron chi connectivity index (χ3n) is 5.48. The Bertz CT molecular complexity index is 554. The predicted molar refractivity (Wildman–Crippen MR) is 104 cm³/mol. The van der Waals surface area contributed by atoms with E-state index in [1.54, 1.807) is 0 Å². The summed E-state index contributed by atoms with van der Waals surface area (Å²) in [5.41, 5.74) is 7.27. The maximum absolute atomic E-state index is 6.16. The topological polar surface area (TPSA) is 61.0 Å². The van der Waals surface area contributed by atoms with E-state index in [0.717, 1.165) is 63.1 Å². The van der Waals surface area contributed by atoms with E-state index in [0.29, 0.717) is 12.5 Å². The molecule has 0 bridgehead atoms. The van der Waals surface area contributed by atoms with Gasteiger partial charge in [-0.05, 0) is 36.9 Å². The Kier molecular flexibility index (Phi) is 6.13. The van der Waals surface area contributed by atoms with Crippen molar-refractivity contribution in [3.05, 3.63) is 23.9 Å². The molecule has 6 heteroatoms. The summed E-state index contributed by atoms with van der Waals surface area (Å²) < 4.78 is 0. The maximum atomic E-state index is 6.16. The van der Waals surface area contributed by atoms with Gasteiger partial charge in [-0.2, -0.15) is 0 Å². The average Bonchev–Trinajstić information content (AvgIpc) is 2.67. The molecule has 2 N–H and O–H groups in total. The van der Waals surface area contributed by atoms with Crippen molar-refractivity contribution in [1.82, 2.24) is 14.8 Å². The largest absolute Gasteiger partial charge is 0.370 e. The number of aromatic nitrogens is 1. The molecule has 6 nitrogen and oxygen atoms in total.